The van der Waals surface area contributed by atoms with Gasteiger partial charge >= 0.3 is 0 Å². The molecule has 1 N–H and O–H groups in total. The summed E-state index contributed by atoms with van der Waals surface area (Å²) in [4.78, 5) is 15.7. The molecule has 2 aliphatic heterocycles. The molecule has 2 aliphatic rings. The van der Waals surface area contributed by atoms with Gasteiger partial charge in [-0.05, 0) is 54.4 Å². The van der Waals surface area contributed by atoms with E-state index in [0.29, 0.717) is 12.3 Å². The number of carbonyl (C=O) groups excluding carboxylic acids is 1. The molecule has 3 rings (SSSR count). The molecule has 0 aliphatic carbocycles. The summed E-state index contributed by atoms with van der Waals surface area (Å²) in [5, 5.41) is 15.1. The van der Waals surface area contributed by atoms with Gasteiger partial charge in [0, 0.05) is 10.8 Å². The van der Waals surface area contributed by atoms with Gasteiger partial charge in [-0.2, -0.15) is 0 Å². The topological polar surface area (TPSA) is 132 Å². The van der Waals surface area contributed by atoms with Crippen LogP contribution in [0.4, 0.5) is 0 Å². The van der Waals surface area contributed by atoms with E-state index in [-0.39, 0.29) is 29.5 Å². The van der Waals surface area contributed by atoms with Crippen LogP contribution in [0.5, 0.6) is 0 Å². The summed E-state index contributed by atoms with van der Waals surface area (Å²) >= 11 is 0. The van der Waals surface area contributed by atoms with Crippen LogP contribution in [0, 0.1) is 17.8 Å². The van der Waals surface area contributed by atoms with E-state index in [1.165, 1.54) is 6.92 Å². The van der Waals surface area contributed by atoms with Crippen molar-refractivity contribution in [3.05, 3.63) is 46.3 Å². The van der Waals surface area contributed by atoms with E-state index in [0.717, 1.165) is 5.56 Å². The van der Waals surface area contributed by atoms with Crippen LogP contribution in [0.25, 0.3) is 10.4 Å². The first-order chi connectivity index (χ1) is 19.7. The predicted octanol–water partition coefficient (Wildman–Crippen LogP) is 6.38. The molecule has 1 aromatic rings. The minimum atomic E-state index is -2.33. The average molecular weight is 606 g/mol. The SMILES string of the molecule is CCC1O[C@@H](O[Si](C)(C)C(C)(C)C(C)C)C(N=[N+]=[N-])[C@@H](C)[C@@H]1O[C@@H]1OC(C(C)=O)[C@@H](O)[C@@H](OCc2ccccc2)C1C. The lowest BCUT2D eigenvalue weighted by molar-refractivity contribution is -0.320. The molecule has 1 aromatic carbocycles. The van der Waals surface area contributed by atoms with Crippen molar-refractivity contribution >= 4 is 14.1 Å². The Morgan fingerprint density at radius 3 is 2.31 bits per heavy atom. The smallest absolute Gasteiger partial charge is 0.196 e. The standard InChI is InChI=1S/C31H51N3O7Si/c1-11-23-26(19(4)24(33-34-32)30(38-23)41-42(9,10)31(7,8)18(2)3)39-29-20(5)27(25(36)28(40-29)21(6)35)37-17-22-15-13-12-14-16-22/h12-16,18-20,23-30,36H,11,17H2,1-10H3/t19-,20?,23?,24?,25+,26+,27+,28?,29-,30+/m1/s1. The number of Topliss-reactive ketones (excluding diaryl/α,β-unsaturated/α-hetero) is 1. The number of azide groups is 1. The molecule has 0 radical (unpaired) electrons. The van der Waals surface area contributed by atoms with E-state index in [9.17, 15) is 15.4 Å². The third-order valence-corrected chi connectivity index (χ3v) is 14.4. The fourth-order valence-electron chi connectivity index (χ4n) is 5.76. The molecule has 0 spiro atoms. The number of benzene rings is 1. The van der Waals surface area contributed by atoms with Gasteiger partial charge < -0.3 is 28.5 Å². The van der Waals surface area contributed by atoms with Crippen molar-refractivity contribution in [2.45, 2.75) is 136 Å². The number of aliphatic hydroxyl groups is 1. The van der Waals surface area contributed by atoms with E-state index in [2.05, 4.69) is 50.8 Å². The van der Waals surface area contributed by atoms with Crippen molar-refractivity contribution in [2.75, 3.05) is 0 Å². The number of carbonyl (C=O) groups is 1. The first-order valence-corrected chi connectivity index (χ1v) is 18.1. The number of nitrogens with zero attached hydrogens (tertiary/aromatic N) is 3. The molecular formula is C31H51N3O7Si. The predicted molar refractivity (Wildman–Crippen MR) is 163 cm³/mol. The van der Waals surface area contributed by atoms with Crippen LogP contribution in [-0.4, -0.2) is 68.3 Å². The molecule has 2 heterocycles. The average Bonchev–Trinajstić information content (AvgIpc) is 2.93. The van der Waals surface area contributed by atoms with E-state index in [1.807, 2.05) is 51.1 Å². The molecule has 10 atom stereocenters. The Hall–Kier alpha value is -1.82. The Kier molecular flexibility index (Phi) is 11.8. The molecule has 2 saturated heterocycles. The van der Waals surface area contributed by atoms with Gasteiger partial charge in [0.25, 0.3) is 0 Å². The number of aliphatic hydroxyl groups excluding tert-OH is 1. The largest absolute Gasteiger partial charge is 0.392 e. The van der Waals surface area contributed by atoms with Crippen LogP contribution in [0.1, 0.15) is 67.4 Å². The van der Waals surface area contributed by atoms with E-state index < -0.39 is 57.3 Å². The first kappa shape index (κ1) is 34.7. The highest BCUT2D eigenvalue weighted by Crippen LogP contribution is 2.47. The minimum Gasteiger partial charge on any atom is -0.392 e. The van der Waals surface area contributed by atoms with Gasteiger partial charge in [0.1, 0.15) is 12.2 Å². The Bertz CT molecular complexity index is 1080. The number of hydrogen-bond acceptors (Lipinski definition) is 8. The highest BCUT2D eigenvalue weighted by Gasteiger charge is 2.53. The van der Waals surface area contributed by atoms with Crippen molar-refractivity contribution in [1.82, 2.24) is 0 Å². The molecule has 0 amide bonds. The molecular weight excluding hydrogens is 554 g/mol. The lowest BCUT2D eigenvalue weighted by atomic mass is 9.87. The lowest BCUT2D eigenvalue weighted by Gasteiger charge is -2.51. The third kappa shape index (κ3) is 7.45. The second-order valence-electron chi connectivity index (χ2n) is 13.3. The zero-order valence-corrected chi connectivity index (χ0v) is 27.9. The second kappa shape index (κ2) is 14.3. The normalized spacial score (nSPS) is 34.2. The number of ether oxygens (including phenoxy) is 4. The van der Waals surface area contributed by atoms with Crippen molar-refractivity contribution in [3.8, 4) is 0 Å². The third-order valence-electron chi connectivity index (χ3n) is 9.86. The van der Waals surface area contributed by atoms with Crippen molar-refractivity contribution in [3.63, 3.8) is 0 Å². The van der Waals surface area contributed by atoms with Gasteiger partial charge in [-0.25, -0.2) is 0 Å². The fraction of sp³-hybridized carbons (Fsp3) is 0.774. The summed E-state index contributed by atoms with van der Waals surface area (Å²) in [5.41, 5.74) is 10.5. The van der Waals surface area contributed by atoms with E-state index >= 15 is 0 Å². The van der Waals surface area contributed by atoms with Gasteiger partial charge in [0.2, 0.25) is 0 Å². The van der Waals surface area contributed by atoms with Crippen LogP contribution in [0.15, 0.2) is 35.4 Å². The Morgan fingerprint density at radius 2 is 1.76 bits per heavy atom. The van der Waals surface area contributed by atoms with Gasteiger partial charge in [-0.1, -0.05) is 83.9 Å². The number of ketones is 1. The highest BCUT2D eigenvalue weighted by atomic mass is 28.4. The van der Waals surface area contributed by atoms with E-state index in [4.69, 9.17) is 23.4 Å². The number of hydrogen-bond donors (Lipinski definition) is 1. The van der Waals surface area contributed by atoms with Crippen molar-refractivity contribution in [2.24, 2.45) is 22.9 Å². The Morgan fingerprint density at radius 1 is 1.12 bits per heavy atom. The summed E-state index contributed by atoms with van der Waals surface area (Å²) < 4.78 is 32.2. The Balaban J connectivity index is 1.85. The minimum absolute atomic E-state index is 0.0573. The fourth-order valence-corrected chi connectivity index (χ4v) is 8.23. The summed E-state index contributed by atoms with van der Waals surface area (Å²) in [6.07, 6.45) is -4.77. The lowest BCUT2D eigenvalue weighted by Crippen LogP contribution is -2.61. The summed E-state index contributed by atoms with van der Waals surface area (Å²) in [7, 11) is -2.33. The van der Waals surface area contributed by atoms with Crippen LogP contribution in [0.2, 0.25) is 18.1 Å². The molecule has 0 saturated carbocycles. The molecule has 236 valence electrons. The first-order valence-electron chi connectivity index (χ1n) is 15.2. The molecule has 10 nitrogen and oxygen atoms in total. The van der Waals surface area contributed by atoms with Crippen molar-refractivity contribution < 1.29 is 33.3 Å². The Labute approximate surface area is 252 Å². The zero-order chi connectivity index (χ0) is 31.4. The maximum atomic E-state index is 12.5. The summed E-state index contributed by atoms with van der Waals surface area (Å²) in [6, 6.07) is 9.03. The molecule has 0 bridgehead atoms. The van der Waals surface area contributed by atoms with Crippen LogP contribution in [0.3, 0.4) is 0 Å². The molecule has 11 heteroatoms. The van der Waals surface area contributed by atoms with Crippen LogP contribution in [-0.2, 0) is 34.8 Å². The molecule has 0 aromatic heterocycles. The number of rotatable bonds is 12. The quantitative estimate of drug-likeness (QED) is 0.127. The van der Waals surface area contributed by atoms with Crippen molar-refractivity contribution in [1.29, 1.82) is 0 Å². The zero-order valence-electron chi connectivity index (χ0n) is 26.9. The van der Waals surface area contributed by atoms with Gasteiger partial charge in [-0.15, -0.1) is 0 Å². The molecule has 42 heavy (non-hydrogen) atoms. The van der Waals surface area contributed by atoms with Crippen LogP contribution >= 0.6 is 0 Å². The van der Waals surface area contributed by atoms with Gasteiger partial charge in [0.15, 0.2) is 26.7 Å². The molecule has 2 fully saturated rings. The maximum Gasteiger partial charge on any atom is 0.196 e. The highest BCUT2D eigenvalue weighted by molar-refractivity contribution is 6.74. The van der Waals surface area contributed by atoms with Crippen LogP contribution < -0.4 is 0 Å². The van der Waals surface area contributed by atoms with E-state index in [1.54, 1.807) is 0 Å². The molecule has 4 unspecified atom stereocenters. The second-order valence-corrected chi connectivity index (χ2v) is 17.8. The monoisotopic (exact) mass is 605 g/mol. The summed E-state index contributed by atoms with van der Waals surface area (Å²) in [5.74, 6) is -0.604. The van der Waals surface area contributed by atoms with Gasteiger partial charge in [0.05, 0.1) is 31.0 Å². The van der Waals surface area contributed by atoms with Gasteiger partial charge in [-0.3, -0.25) is 4.79 Å². The maximum absolute atomic E-state index is 12.5. The summed E-state index contributed by atoms with van der Waals surface area (Å²) in [6.45, 7) is 20.7.